The quantitative estimate of drug-likeness (QED) is 0.659. The Balaban J connectivity index is 2.48. The highest BCUT2D eigenvalue weighted by molar-refractivity contribution is 7.71. The average Bonchev–Trinajstić information content (AvgIpc) is 2.74. The van der Waals surface area contributed by atoms with Crippen LogP contribution in [0.2, 0.25) is 0 Å². The van der Waals surface area contributed by atoms with Crippen LogP contribution in [0, 0.1) is 29.1 Å². The molecule has 102 valence electrons. The number of benzene rings is 2. The van der Waals surface area contributed by atoms with Crippen molar-refractivity contribution >= 4 is 23.3 Å². The second kappa shape index (κ2) is 4.49. The van der Waals surface area contributed by atoms with Gasteiger partial charge in [-0.2, -0.15) is 0 Å². The fourth-order valence-corrected chi connectivity index (χ4v) is 2.46. The Labute approximate surface area is 117 Å². The monoisotopic (exact) mass is 294 g/mol. The number of rotatable bonds is 1. The number of H-pyrrole nitrogens is 1. The van der Waals surface area contributed by atoms with E-state index in [1.807, 2.05) is 0 Å². The Morgan fingerprint density at radius 3 is 2.55 bits per heavy atom. The molecule has 0 radical (unpaired) electrons. The third kappa shape index (κ3) is 1.76. The van der Waals surface area contributed by atoms with Gasteiger partial charge in [0.1, 0.15) is 22.8 Å². The van der Waals surface area contributed by atoms with Crippen molar-refractivity contribution in [2.75, 3.05) is 0 Å². The Kier molecular flexibility index (Phi) is 2.90. The van der Waals surface area contributed by atoms with Crippen LogP contribution in [0.15, 0.2) is 30.3 Å². The van der Waals surface area contributed by atoms with Crippen molar-refractivity contribution in [3.05, 3.63) is 58.1 Å². The summed E-state index contributed by atoms with van der Waals surface area (Å²) < 4.78 is 43.1. The molecular weight excluding hydrogens is 285 g/mol. The molecule has 6 heteroatoms. The molecule has 2 aromatic carbocycles. The molecule has 2 nitrogen and oxygen atoms in total. The first-order valence-electron chi connectivity index (χ1n) is 5.85. The molecular formula is C14H9F3N2S. The van der Waals surface area contributed by atoms with E-state index in [1.54, 1.807) is 6.07 Å². The number of hydrogen-bond acceptors (Lipinski definition) is 1. The number of aromatic amines is 1. The smallest absolute Gasteiger partial charge is 0.183 e. The predicted octanol–water partition coefficient (Wildman–Crippen LogP) is 4.41. The van der Waals surface area contributed by atoms with E-state index in [0.717, 1.165) is 6.07 Å². The van der Waals surface area contributed by atoms with E-state index in [0.29, 0.717) is 5.52 Å². The highest BCUT2D eigenvalue weighted by Gasteiger charge is 2.18. The molecule has 1 aromatic heterocycles. The lowest BCUT2D eigenvalue weighted by atomic mass is 10.2. The maximum absolute atomic E-state index is 14.2. The zero-order valence-electron chi connectivity index (χ0n) is 10.4. The van der Waals surface area contributed by atoms with Gasteiger partial charge in [0.15, 0.2) is 10.6 Å². The molecule has 20 heavy (non-hydrogen) atoms. The fourth-order valence-electron chi connectivity index (χ4n) is 2.16. The van der Waals surface area contributed by atoms with Crippen molar-refractivity contribution in [1.82, 2.24) is 9.55 Å². The topological polar surface area (TPSA) is 20.7 Å². The average molecular weight is 294 g/mol. The zero-order chi connectivity index (χ0) is 14.4. The standard InChI is InChI=1S/C14H9F3N2S/c1-7-5-6-9(16)13(11(7)17)19-10-4-2-3-8(15)12(10)18-14(19)20/h2-6H,1H3,(H,18,20). The van der Waals surface area contributed by atoms with E-state index in [1.165, 1.54) is 29.7 Å². The molecule has 1 heterocycles. The largest absolute Gasteiger partial charge is 0.328 e. The molecule has 1 N–H and O–H groups in total. The van der Waals surface area contributed by atoms with Gasteiger partial charge in [0.25, 0.3) is 0 Å². The van der Waals surface area contributed by atoms with E-state index >= 15 is 0 Å². The maximum Gasteiger partial charge on any atom is 0.183 e. The minimum absolute atomic E-state index is 0.0356. The number of halogens is 3. The molecule has 0 aliphatic carbocycles. The van der Waals surface area contributed by atoms with Crippen LogP contribution in [0.1, 0.15) is 5.56 Å². The van der Waals surface area contributed by atoms with Crippen molar-refractivity contribution < 1.29 is 13.2 Å². The Morgan fingerprint density at radius 2 is 1.80 bits per heavy atom. The first kappa shape index (κ1) is 12.9. The number of hydrogen-bond donors (Lipinski definition) is 1. The summed E-state index contributed by atoms with van der Waals surface area (Å²) in [4.78, 5) is 2.64. The number of nitrogens with zero attached hydrogens (tertiary/aromatic N) is 1. The highest BCUT2D eigenvalue weighted by atomic mass is 32.1. The molecule has 0 aliphatic heterocycles. The van der Waals surface area contributed by atoms with Crippen LogP contribution in [0.25, 0.3) is 16.7 Å². The molecule has 0 unspecified atom stereocenters. The van der Waals surface area contributed by atoms with Crippen molar-refractivity contribution in [2.45, 2.75) is 6.92 Å². The summed E-state index contributed by atoms with van der Waals surface area (Å²) in [6.45, 7) is 1.53. The van der Waals surface area contributed by atoms with E-state index < -0.39 is 17.5 Å². The summed E-state index contributed by atoms with van der Waals surface area (Å²) in [6.07, 6.45) is 0. The van der Waals surface area contributed by atoms with Gasteiger partial charge in [-0.3, -0.25) is 4.57 Å². The number of aryl methyl sites for hydroxylation is 1. The summed E-state index contributed by atoms with van der Waals surface area (Å²) >= 11 is 5.06. The number of fused-ring (bicyclic) bond motifs is 1. The zero-order valence-corrected chi connectivity index (χ0v) is 11.2. The Bertz CT molecular complexity index is 880. The first-order chi connectivity index (χ1) is 9.50. The normalized spacial score (nSPS) is 11.2. The van der Waals surface area contributed by atoms with Gasteiger partial charge in [-0.05, 0) is 42.9 Å². The minimum atomic E-state index is -0.755. The van der Waals surface area contributed by atoms with Crippen molar-refractivity contribution in [2.24, 2.45) is 0 Å². The molecule has 0 saturated carbocycles. The fraction of sp³-hybridized carbons (Fsp3) is 0.0714. The summed E-state index contributed by atoms with van der Waals surface area (Å²) in [5.41, 5.74) is 0.400. The summed E-state index contributed by atoms with van der Waals surface area (Å²) in [5.74, 6) is -2.00. The summed E-state index contributed by atoms with van der Waals surface area (Å²) in [6, 6.07) is 6.76. The first-order valence-corrected chi connectivity index (χ1v) is 6.25. The van der Waals surface area contributed by atoms with Gasteiger partial charge in [0, 0.05) is 0 Å². The van der Waals surface area contributed by atoms with Gasteiger partial charge in [-0.15, -0.1) is 0 Å². The van der Waals surface area contributed by atoms with Crippen LogP contribution >= 0.6 is 12.2 Å². The predicted molar refractivity (Wildman–Crippen MR) is 73.1 cm³/mol. The van der Waals surface area contributed by atoms with E-state index in [2.05, 4.69) is 4.98 Å². The molecule has 0 fully saturated rings. The van der Waals surface area contributed by atoms with Gasteiger partial charge >= 0.3 is 0 Å². The second-order valence-electron chi connectivity index (χ2n) is 4.43. The molecule has 0 atom stereocenters. The highest BCUT2D eigenvalue weighted by Crippen LogP contribution is 2.26. The van der Waals surface area contributed by atoms with Crippen LogP contribution in [-0.2, 0) is 0 Å². The van der Waals surface area contributed by atoms with Gasteiger partial charge < -0.3 is 4.98 Å². The molecule has 0 aliphatic rings. The lowest BCUT2D eigenvalue weighted by molar-refractivity contribution is 0.564. The molecule has 3 aromatic rings. The number of aromatic nitrogens is 2. The van der Waals surface area contributed by atoms with Crippen molar-refractivity contribution in [3.8, 4) is 5.69 Å². The van der Waals surface area contributed by atoms with Crippen LogP contribution in [0.3, 0.4) is 0 Å². The number of imidazole rings is 1. The number of para-hydroxylation sites is 1. The van der Waals surface area contributed by atoms with Crippen LogP contribution in [0.5, 0.6) is 0 Å². The molecule has 3 rings (SSSR count). The summed E-state index contributed by atoms with van der Waals surface area (Å²) in [5, 5.41) is 0. The van der Waals surface area contributed by atoms with Crippen molar-refractivity contribution in [3.63, 3.8) is 0 Å². The molecule has 0 bridgehead atoms. The number of nitrogens with one attached hydrogen (secondary N) is 1. The third-order valence-electron chi connectivity index (χ3n) is 3.15. The van der Waals surface area contributed by atoms with Gasteiger partial charge in [-0.25, -0.2) is 13.2 Å². The molecule has 0 amide bonds. The van der Waals surface area contributed by atoms with E-state index in [9.17, 15) is 13.2 Å². The second-order valence-corrected chi connectivity index (χ2v) is 4.81. The van der Waals surface area contributed by atoms with E-state index in [-0.39, 0.29) is 21.5 Å². The maximum atomic E-state index is 14.2. The third-order valence-corrected chi connectivity index (χ3v) is 3.44. The van der Waals surface area contributed by atoms with Crippen LogP contribution in [0.4, 0.5) is 13.2 Å². The lowest BCUT2D eigenvalue weighted by Gasteiger charge is -2.09. The molecule has 0 spiro atoms. The van der Waals surface area contributed by atoms with Crippen molar-refractivity contribution in [1.29, 1.82) is 0 Å². The van der Waals surface area contributed by atoms with Gasteiger partial charge in [0.05, 0.1) is 5.52 Å². The Hall–Kier alpha value is -2.08. The minimum Gasteiger partial charge on any atom is -0.328 e. The van der Waals surface area contributed by atoms with Crippen LogP contribution in [-0.4, -0.2) is 9.55 Å². The Morgan fingerprint density at radius 1 is 1.05 bits per heavy atom. The lowest BCUT2D eigenvalue weighted by Crippen LogP contribution is -2.03. The summed E-state index contributed by atoms with van der Waals surface area (Å²) in [7, 11) is 0. The SMILES string of the molecule is Cc1ccc(F)c(-n2c(=S)[nH]c3c(F)cccc32)c1F. The van der Waals surface area contributed by atoms with E-state index in [4.69, 9.17) is 12.2 Å². The van der Waals surface area contributed by atoms with Crippen LogP contribution < -0.4 is 0 Å². The van der Waals surface area contributed by atoms with Gasteiger partial charge in [-0.1, -0.05) is 12.1 Å². The van der Waals surface area contributed by atoms with Gasteiger partial charge in [0.2, 0.25) is 0 Å². The molecule has 0 saturated heterocycles.